The SMILES string of the molecule is CN=C(N=C(N)N(C)C)c1ccccc1. The van der Waals surface area contributed by atoms with E-state index in [0.717, 1.165) is 5.56 Å². The maximum absolute atomic E-state index is 5.73. The highest BCUT2D eigenvalue weighted by atomic mass is 15.2. The van der Waals surface area contributed by atoms with Gasteiger partial charge in [0.2, 0.25) is 0 Å². The summed E-state index contributed by atoms with van der Waals surface area (Å²) in [6.45, 7) is 0. The van der Waals surface area contributed by atoms with Gasteiger partial charge in [0.1, 0.15) is 0 Å². The summed E-state index contributed by atoms with van der Waals surface area (Å²) in [6, 6.07) is 9.75. The summed E-state index contributed by atoms with van der Waals surface area (Å²) in [5.74, 6) is 1.08. The molecule has 0 aliphatic carbocycles. The molecule has 15 heavy (non-hydrogen) atoms. The zero-order valence-corrected chi connectivity index (χ0v) is 9.31. The standard InChI is InChI=1S/C11H16N4/c1-13-10(14-11(12)15(2)3)9-7-5-4-6-8-9/h4-8H,1-3H3,(H2,12,13,14). The molecule has 0 saturated heterocycles. The number of hydrogen-bond donors (Lipinski definition) is 1. The Kier molecular flexibility index (Phi) is 3.85. The molecule has 4 heteroatoms. The van der Waals surface area contributed by atoms with E-state index in [-0.39, 0.29) is 0 Å². The third kappa shape index (κ3) is 3.09. The molecule has 0 fully saturated rings. The van der Waals surface area contributed by atoms with Crippen LogP contribution in [0.2, 0.25) is 0 Å². The molecule has 0 atom stereocenters. The van der Waals surface area contributed by atoms with E-state index in [4.69, 9.17) is 5.73 Å². The van der Waals surface area contributed by atoms with E-state index >= 15 is 0 Å². The van der Waals surface area contributed by atoms with Crippen LogP contribution in [0.4, 0.5) is 0 Å². The zero-order valence-electron chi connectivity index (χ0n) is 9.31. The third-order valence-electron chi connectivity index (χ3n) is 1.92. The molecule has 0 spiro atoms. The lowest BCUT2D eigenvalue weighted by molar-refractivity contribution is 0.615. The van der Waals surface area contributed by atoms with Crippen LogP contribution in [-0.2, 0) is 0 Å². The second-order valence-corrected chi connectivity index (χ2v) is 3.28. The van der Waals surface area contributed by atoms with Gasteiger partial charge in [0.05, 0.1) is 0 Å². The van der Waals surface area contributed by atoms with Crippen LogP contribution in [0.1, 0.15) is 5.56 Å². The zero-order chi connectivity index (χ0) is 11.3. The summed E-state index contributed by atoms with van der Waals surface area (Å²) in [6.07, 6.45) is 0. The lowest BCUT2D eigenvalue weighted by atomic mass is 10.2. The molecular formula is C11H16N4. The Bertz CT molecular complexity index is 365. The van der Waals surface area contributed by atoms with Crippen LogP contribution in [0, 0.1) is 0 Å². The van der Waals surface area contributed by atoms with Crippen molar-refractivity contribution in [2.45, 2.75) is 0 Å². The molecule has 2 N–H and O–H groups in total. The van der Waals surface area contributed by atoms with Gasteiger partial charge < -0.3 is 10.6 Å². The average molecular weight is 204 g/mol. The van der Waals surface area contributed by atoms with E-state index < -0.39 is 0 Å². The summed E-state index contributed by atoms with van der Waals surface area (Å²) < 4.78 is 0. The highest BCUT2D eigenvalue weighted by Crippen LogP contribution is 2.02. The molecular weight excluding hydrogens is 188 g/mol. The molecule has 0 aliphatic heterocycles. The molecule has 0 aliphatic rings. The van der Waals surface area contributed by atoms with Crippen molar-refractivity contribution >= 4 is 11.8 Å². The summed E-state index contributed by atoms with van der Waals surface area (Å²) in [7, 11) is 5.39. The first kappa shape index (κ1) is 11.2. The predicted molar refractivity (Wildman–Crippen MR) is 64.2 cm³/mol. The van der Waals surface area contributed by atoms with E-state index in [9.17, 15) is 0 Å². The number of amidine groups is 1. The molecule has 1 aromatic carbocycles. The first-order valence-corrected chi connectivity index (χ1v) is 4.69. The minimum atomic E-state index is 0.444. The smallest absolute Gasteiger partial charge is 0.197 e. The lowest BCUT2D eigenvalue weighted by Gasteiger charge is -2.10. The Labute approximate surface area is 90.1 Å². The Morgan fingerprint density at radius 2 is 1.80 bits per heavy atom. The predicted octanol–water partition coefficient (Wildman–Crippen LogP) is 0.939. The topological polar surface area (TPSA) is 54.0 Å². The number of guanidine groups is 1. The second kappa shape index (κ2) is 5.14. The molecule has 0 amide bonds. The third-order valence-corrected chi connectivity index (χ3v) is 1.92. The Morgan fingerprint density at radius 3 is 2.27 bits per heavy atom. The van der Waals surface area contributed by atoms with Crippen LogP contribution < -0.4 is 5.73 Å². The number of nitrogens with zero attached hydrogens (tertiary/aromatic N) is 3. The molecule has 80 valence electrons. The van der Waals surface area contributed by atoms with Gasteiger partial charge in [-0.1, -0.05) is 30.3 Å². The minimum Gasteiger partial charge on any atom is -0.369 e. The van der Waals surface area contributed by atoms with Crippen molar-refractivity contribution in [3.8, 4) is 0 Å². The molecule has 0 aromatic heterocycles. The van der Waals surface area contributed by atoms with Crippen molar-refractivity contribution in [3.05, 3.63) is 35.9 Å². The second-order valence-electron chi connectivity index (χ2n) is 3.28. The number of rotatable bonds is 1. The molecule has 1 rings (SSSR count). The Hall–Kier alpha value is -1.84. The van der Waals surface area contributed by atoms with Crippen molar-refractivity contribution in [1.82, 2.24) is 4.90 Å². The summed E-state index contributed by atoms with van der Waals surface area (Å²) >= 11 is 0. The molecule has 1 aromatic rings. The maximum Gasteiger partial charge on any atom is 0.197 e. The summed E-state index contributed by atoms with van der Waals surface area (Å²) in [4.78, 5) is 10.1. The van der Waals surface area contributed by atoms with E-state index in [1.54, 1.807) is 11.9 Å². The normalized spacial score (nSPS) is 12.7. The maximum atomic E-state index is 5.73. The fraction of sp³-hybridized carbons (Fsp3) is 0.273. The quantitative estimate of drug-likeness (QED) is 0.546. The largest absolute Gasteiger partial charge is 0.369 e. The highest BCUT2D eigenvalue weighted by Gasteiger charge is 2.02. The lowest BCUT2D eigenvalue weighted by Crippen LogP contribution is -2.31. The van der Waals surface area contributed by atoms with Gasteiger partial charge in [0, 0.05) is 26.7 Å². The monoisotopic (exact) mass is 204 g/mol. The van der Waals surface area contributed by atoms with Gasteiger partial charge in [-0.3, -0.25) is 4.99 Å². The van der Waals surface area contributed by atoms with Gasteiger partial charge >= 0.3 is 0 Å². The number of nitrogens with two attached hydrogens (primary N) is 1. The van der Waals surface area contributed by atoms with Crippen LogP contribution in [0.3, 0.4) is 0 Å². The molecule has 0 saturated carbocycles. The Morgan fingerprint density at radius 1 is 1.20 bits per heavy atom. The van der Waals surface area contributed by atoms with Gasteiger partial charge in [0.15, 0.2) is 11.8 Å². The van der Waals surface area contributed by atoms with Gasteiger partial charge in [-0.2, -0.15) is 4.99 Å². The fourth-order valence-corrected chi connectivity index (χ4v) is 1.04. The number of benzene rings is 1. The fourth-order valence-electron chi connectivity index (χ4n) is 1.04. The first-order valence-electron chi connectivity index (χ1n) is 4.69. The van der Waals surface area contributed by atoms with E-state index in [1.807, 2.05) is 44.4 Å². The van der Waals surface area contributed by atoms with E-state index in [2.05, 4.69) is 9.98 Å². The summed E-state index contributed by atoms with van der Waals surface area (Å²) in [5.41, 5.74) is 6.69. The number of aliphatic imine (C=N–C) groups is 2. The van der Waals surface area contributed by atoms with Crippen LogP contribution in [0.25, 0.3) is 0 Å². The van der Waals surface area contributed by atoms with E-state index in [0.29, 0.717) is 11.8 Å². The minimum absolute atomic E-state index is 0.444. The van der Waals surface area contributed by atoms with Crippen LogP contribution >= 0.6 is 0 Å². The Balaban J connectivity index is 2.98. The van der Waals surface area contributed by atoms with Crippen molar-refractivity contribution in [2.75, 3.05) is 21.1 Å². The van der Waals surface area contributed by atoms with Crippen molar-refractivity contribution in [2.24, 2.45) is 15.7 Å². The first-order chi connectivity index (χ1) is 7.15. The van der Waals surface area contributed by atoms with Crippen LogP contribution in [0.15, 0.2) is 40.3 Å². The van der Waals surface area contributed by atoms with E-state index in [1.165, 1.54) is 0 Å². The molecule has 0 heterocycles. The van der Waals surface area contributed by atoms with Gasteiger partial charge in [-0.05, 0) is 0 Å². The van der Waals surface area contributed by atoms with Crippen LogP contribution in [-0.4, -0.2) is 37.8 Å². The summed E-state index contributed by atoms with van der Waals surface area (Å²) in [5, 5.41) is 0. The van der Waals surface area contributed by atoms with Crippen molar-refractivity contribution < 1.29 is 0 Å². The highest BCUT2D eigenvalue weighted by molar-refractivity contribution is 6.05. The van der Waals surface area contributed by atoms with Crippen molar-refractivity contribution in [3.63, 3.8) is 0 Å². The van der Waals surface area contributed by atoms with Gasteiger partial charge in [0.25, 0.3) is 0 Å². The van der Waals surface area contributed by atoms with Gasteiger partial charge in [-0.15, -0.1) is 0 Å². The van der Waals surface area contributed by atoms with Crippen LogP contribution in [0.5, 0.6) is 0 Å². The van der Waals surface area contributed by atoms with Gasteiger partial charge in [-0.25, -0.2) is 0 Å². The number of hydrogen-bond acceptors (Lipinski definition) is 1. The molecule has 0 bridgehead atoms. The molecule has 4 nitrogen and oxygen atoms in total. The molecule has 0 radical (unpaired) electrons. The average Bonchev–Trinajstić information content (AvgIpc) is 2.26. The van der Waals surface area contributed by atoms with Crippen molar-refractivity contribution in [1.29, 1.82) is 0 Å². The molecule has 0 unspecified atom stereocenters.